The van der Waals surface area contributed by atoms with Crippen LogP contribution in [0.2, 0.25) is 10.0 Å². The Labute approximate surface area is 610 Å². The van der Waals surface area contributed by atoms with E-state index in [2.05, 4.69) is 130 Å². The first-order chi connectivity index (χ1) is 48.8. The van der Waals surface area contributed by atoms with Crippen molar-refractivity contribution >= 4 is 58.6 Å². The predicted molar refractivity (Wildman–Crippen MR) is 396 cm³/mol. The number of hydrogen-bond acceptors (Lipinski definition) is 14. The smallest absolute Gasteiger partial charge is 0.305 e. The van der Waals surface area contributed by atoms with Crippen molar-refractivity contribution in [3.05, 3.63) is 192 Å². The zero-order valence-electron chi connectivity index (χ0n) is 60.7. The number of methoxy groups -OCH3 is 2. The average Bonchev–Trinajstić information content (AvgIpc) is 1.63. The first-order valence-electron chi connectivity index (χ1n) is 36.2. The second-order valence-corrected chi connectivity index (χ2v) is 30.3. The summed E-state index contributed by atoms with van der Waals surface area (Å²) in [4.78, 5) is 72.7. The molecule has 0 amide bonds. The Hall–Kier alpha value is -8.47. The van der Waals surface area contributed by atoms with E-state index in [0.717, 1.165) is 142 Å². The number of carbonyl (C=O) groups excluding carboxylic acids is 4. The number of carboxylic acid groups (broad SMARTS) is 2. The molecule has 16 nitrogen and oxygen atoms in total. The maximum Gasteiger partial charge on any atom is 0.305 e. The van der Waals surface area contributed by atoms with E-state index in [-0.39, 0.29) is 92.6 Å². The summed E-state index contributed by atoms with van der Waals surface area (Å²) in [7, 11) is 2.72. The molecule has 3 aromatic heterocycles. The van der Waals surface area contributed by atoms with Gasteiger partial charge in [-0.15, -0.1) is 0 Å². The van der Waals surface area contributed by atoms with Gasteiger partial charge in [-0.25, -0.2) is 0 Å². The molecule has 3 atom stereocenters. The number of esters is 2. The lowest BCUT2D eigenvalue weighted by molar-refractivity contribution is -0.142. The molecule has 3 aliphatic rings. The van der Waals surface area contributed by atoms with E-state index in [4.69, 9.17) is 46.2 Å². The van der Waals surface area contributed by atoms with Gasteiger partial charge in [0.05, 0.1) is 37.7 Å². The van der Waals surface area contributed by atoms with Crippen molar-refractivity contribution in [2.75, 3.05) is 14.2 Å². The maximum atomic E-state index is 13.2. The molecule has 102 heavy (non-hydrogen) atoms. The minimum Gasteiger partial charge on any atom is -0.481 e. The van der Waals surface area contributed by atoms with Crippen molar-refractivity contribution < 1.29 is 62.0 Å². The third-order valence-electron chi connectivity index (χ3n) is 19.1. The van der Waals surface area contributed by atoms with Crippen molar-refractivity contribution in [2.24, 2.45) is 17.8 Å². The molecule has 18 heteroatoms. The maximum absolute atomic E-state index is 13.2. The third kappa shape index (κ3) is 22.5. The van der Waals surface area contributed by atoms with Crippen LogP contribution < -0.4 is 0 Å². The number of Topliss-reactive ketones (excluding diaryl/α,β-unsaturated/α-hetero) is 2. The summed E-state index contributed by atoms with van der Waals surface area (Å²) in [6.45, 7) is 17.1. The van der Waals surface area contributed by atoms with Gasteiger partial charge in [-0.05, 0) is 177 Å². The molecule has 0 aliphatic heterocycles. The summed E-state index contributed by atoms with van der Waals surface area (Å²) in [5.74, 6) is 1.78. The average molecular weight is 1430 g/mol. The van der Waals surface area contributed by atoms with Crippen molar-refractivity contribution in [3.8, 4) is 34.0 Å². The molecular formula is C84H99Cl2N3O13. The van der Waals surface area contributed by atoms with Gasteiger partial charge >= 0.3 is 23.9 Å². The SMILES string of the molecule is COC(=O)CCC(CC(=O)Cc1ccc(C)cc1Cl)c1noc(-c2ccc(CC(C)C)cc2)c1C1CC1.COC(=O)CCC(CC(=O)O)c1noc(-c2ccc(CC(C)C)cc2)c1C1CC1.Cc1ccc(CC(=O)CC(CCC(=O)O)c2noc(-c3ccc(CC(C)C)cc3)c2C2CC2)c(Cl)c1. The monoisotopic (exact) mass is 1430 g/mol. The van der Waals surface area contributed by atoms with Crippen LogP contribution in [0.4, 0.5) is 0 Å². The van der Waals surface area contributed by atoms with Gasteiger partial charge in [0.1, 0.15) is 11.6 Å². The number of aliphatic carboxylic acids is 2. The Bertz CT molecular complexity index is 4150. The van der Waals surface area contributed by atoms with Crippen LogP contribution in [0.3, 0.4) is 0 Å². The number of aromatic nitrogens is 3. The van der Waals surface area contributed by atoms with Crippen LogP contribution >= 0.6 is 23.2 Å². The molecule has 0 saturated heterocycles. The van der Waals surface area contributed by atoms with Gasteiger partial charge in [0.15, 0.2) is 17.3 Å². The summed E-state index contributed by atoms with van der Waals surface area (Å²) in [5, 5.41) is 33.1. The lowest BCUT2D eigenvalue weighted by atomic mass is 9.87. The van der Waals surface area contributed by atoms with Crippen LogP contribution in [0.15, 0.2) is 123 Å². The molecule has 0 spiro atoms. The third-order valence-corrected chi connectivity index (χ3v) is 19.8. The minimum atomic E-state index is -0.913. The van der Waals surface area contributed by atoms with E-state index in [1.54, 1.807) is 0 Å². The summed E-state index contributed by atoms with van der Waals surface area (Å²) < 4.78 is 27.2. The molecule has 5 aromatic carbocycles. The van der Waals surface area contributed by atoms with Crippen LogP contribution in [0.1, 0.15) is 246 Å². The number of halogens is 2. The number of nitrogens with zero attached hydrogens (tertiary/aromatic N) is 3. The first-order valence-corrected chi connectivity index (χ1v) is 37.0. The Balaban J connectivity index is 0.000000179. The second kappa shape index (κ2) is 36.6. The highest BCUT2D eigenvalue weighted by molar-refractivity contribution is 6.32. The first kappa shape index (κ1) is 77.7. The standard InChI is InChI=1S/C31H36ClNO4.C30H34ClNO4.C23H29NO5/c1-19(2)15-21-6-9-23(10-7-21)31-29(22-11-12-22)30(33-37-31)25(13-14-28(35)36-4)18-26(34)17-24-8-5-20(3)16-27(24)32;1-18(2)14-20-5-8-22(9-6-20)30-28(21-10-11-21)29(32-36-30)24(12-13-27(34)35)17-25(33)16-23-7-4-19(3)15-26(23)31;1-14(2)12-15-4-6-17(7-5-15)23-21(16-8-9-16)22(24-29-23)18(13-19(25)26)10-11-20(27)28-3/h5-10,16,19,22,25H,11-15,17-18H2,1-4H3;4-9,15,18,21,24H,10-14,16-17H2,1-3H3,(H,34,35);4-7,14,16,18H,8-13H2,1-3H3,(H,25,26). The number of aryl methyl sites for hydroxylation is 2. The highest BCUT2D eigenvalue weighted by Crippen LogP contribution is 2.52. The topological polar surface area (TPSA) is 239 Å². The van der Waals surface area contributed by atoms with Crippen molar-refractivity contribution in [2.45, 2.75) is 219 Å². The number of hydrogen-bond donors (Lipinski definition) is 2. The minimum absolute atomic E-state index is 0.0143. The van der Waals surface area contributed by atoms with Crippen LogP contribution in [0, 0.1) is 31.6 Å². The van der Waals surface area contributed by atoms with Crippen molar-refractivity contribution in [1.29, 1.82) is 0 Å². The largest absolute Gasteiger partial charge is 0.481 e. The number of ketones is 2. The lowest BCUT2D eigenvalue weighted by Gasteiger charge is -2.16. The van der Waals surface area contributed by atoms with E-state index in [1.807, 2.05) is 50.2 Å². The molecule has 0 radical (unpaired) electrons. The van der Waals surface area contributed by atoms with E-state index in [9.17, 15) is 39.0 Å². The predicted octanol–water partition coefficient (Wildman–Crippen LogP) is 20.1. The fourth-order valence-electron chi connectivity index (χ4n) is 13.5. The van der Waals surface area contributed by atoms with Gasteiger partial charge in [0.25, 0.3) is 0 Å². The van der Waals surface area contributed by atoms with Gasteiger partial charge in [0.2, 0.25) is 0 Å². The van der Waals surface area contributed by atoms with E-state index in [1.165, 1.54) is 30.9 Å². The van der Waals surface area contributed by atoms with E-state index < -0.39 is 11.9 Å². The summed E-state index contributed by atoms with van der Waals surface area (Å²) in [6, 6.07) is 36.7. The van der Waals surface area contributed by atoms with Crippen LogP contribution in [-0.4, -0.2) is 75.3 Å². The highest BCUT2D eigenvalue weighted by atomic mass is 35.5. The quantitative estimate of drug-likeness (QED) is 0.0356. The summed E-state index contributed by atoms with van der Waals surface area (Å²) >= 11 is 12.8. The van der Waals surface area contributed by atoms with Gasteiger partial charge in [0, 0.05) is 106 Å². The number of benzene rings is 5. The Morgan fingerprint density at radius 1 is 0.441 bits per heavy atom. The lowest BCUT2D eigenvalue weighted by Crippen LogP contribution is -2.14. The zero-order valence-corrected chi connectivity index (χ0v) is 62.2. The fourth-order valence-corrected chi connectivity index (χ4v) is 14.1. The van der Waals surface area contributed by atoms with Gasteiger partial charge in [-0.1, -0.05) is 177 Å². The Morgan fingerprint density at radius 3 is 1.01 bits per heavy atom. The molecule has 3 unspecified atom stereocenters. The number of rotatable bonds is 34. The van der Waals surface area contributed by atoms with Crippen molar-refractivity contribution in [1.82, 2.24) is 15.5 Å². The Kier molecular flexibility index (Phi) is 27.9. The molecule has 11 rings (SSSR count). The molecule has 0 bridgehead atoms. The fraction of sp³-hybridized carbons (Fsp3) is 0.464. The molecule has 3 fully saturated rings. The van der Waals surface area contributed by atoms with Gasteiger partial charge < -0.3 is 33.3 Å². The molecule has 3 aliphatic carbocycles. The molecular weight excluding hydrogens is 1330 g/mol. The van der Waals surface area contributed by atoms with Gasteiger partial charge in [-0.2, -0.15) is 0 Å². The molecule has 3 saturated carbocycles. The molecule has 3 heterocycles. The van der Waals surface area contributed by atoms with Gasteiger partial charge in [-0.3, -0.25) is 28.8 Å². The number of carbonyl (C=O) groups is 6. The van der Waals surface area contributed by atoms with Crippen LogP contribution in [-0.2, 0) is 70.3 Å². The number of ether oxygens (including phenoxy) is 2. The summed E-state index contributed by atoms with van der Waals surface area (Å²) in [5.41, 5.74) is 15.8. The normalized spacial score (nSPS) is 14.3. The second-order valence-electron chi connectivity index (χ2n) is 29.5. The van der Waals surface area contributed by atoms with Crippen LogP contribution in [0.5, 0.6) is 0 Å². The molecule has 2 N–H and O–H groups in total. The molecule has 542 valence electrons. The van der Waals surface area contributed by atoms with Crippen LogP contribution in [0.25, 0.3) is 34.0 Å². The van der Waals surface area contributed by atoms with E-state index in [0.29, 0.717) is 70.5 Å². The molecule has 8 aromatic rings. The highest BCUT2D eigenvalue weighted by Gasteiger charge is 2.39. The van der Waals surface area contributed by atoms with Crippen molar-refractivity contribution in [3.63, 3.8) is 0 Å². The number of carboxylic acids is 2. The zero-order chi connectivity index (χ0) is 73.3. The summed E-state index contributed by atoms with van der Waals surface area (Å²) in [6.07, 6.45) is 11.8. The Morgan fingerprint density at radius 2 is 0.745 bits per heavy atom. The van der Waals surface area contributed by atoms with E-state index >= 15 is 0 Å².